The van der Waals surface area contributed by atoms with Crippen LogP contribution in [0.15, 0.2) is 0 Å². The first-order chi connectivity index (χ1) is 6.45. The Labute approximate surface area is 86.5 Å². The largest absolute Gasteiger partial charge is 0.329 e. The van der Waals surface area contributed by atoms with Crippen molar-refractivity contribution in [2.24, 2.45) is 17.6 Å². The molecule has 1 aliphatic rings. The summed E-state index contributed by atoms with van der Waals surface area (Å²) in [7, 11) is -3.09. The molecule has 1 saturated heterocycles. The van der Waals surface area contributed by atoms with Crippen LogP contribution in [-0.4, -0.2) is 38.1 Å². The molecule has 0 bridgehead atoms. The van der Waals surface area contributed by atoms with Crippen LogP contribution >= 0.6 is 0 Å². The first-order valence-corrected chi connectivity index (χ1v) is 6.74. The molecule has 1 fully saturated rings. The highest BCUT2D eigenvalue weighted by atomic mass is 32.2. The molecule has 0 unspecified atom stereocenters. The van der Waals surface area contributed by atoms with E-state index in [0.29, 0.717) is 24.9 Å². The minimum absolute atomic E-state index is 0.0758. The fourth-order valence-electron chi connectivity index (χ4n) is 2.11. The lowest BCUT2D eigenvalue weighted by atomic mass is 9.94. The average Bonchev–Trinajstić information content (AvgIpc) is 2.02. The third-order valence-electron chi connectivity index (χ3n) is 2.60. The maximum Gasteiger partial charge on any atom is 0.215 e. The number of sulfonamides is 1. The molecule has 4 nitrogen and oxygen atoms in total. The van der Waals surface area contributed by atoms with Gasteiger partial charge in [-0.2, -0.15) is 0 Å². The summed E-state index contributed by atoms with van der Waals surface area (Å²) in [6, 6.07) is 0. The molecule has 0 spiro atoms. The Morgan fingerprint density at radius 1 is 1.29 bits per heavy atom. The van der Waals surface area contributed by atoms with Crippen LogP contribution in [0, 0.1) is 11.8 Å². The highest BCUT2D eigenvalue weighted by Gasteiger charge is 2.29. The number of nitrogens with zero attached hydrogens (tertiary/aromatic N) is 1. The van der Waals surface area contributed by atoms with Gasteiger partial charge in [0, 0.05) is 19.6 Å². The summed E-state index contributed by atoms with van der Waals surface area (Å²) in [4.78, 5) is 0. The molecule has 0 aliphatic carbocycles. The maximum atomic E-state index is 11.7. The monoisotopic (exact) mass is 220 g/mol. The molecular weight excluding hydrogens is 200 g/mol. The lowest BCUT2D eigenvalue weighted by molar-refractivity contribution is 0.222. The van der Waals surface area contributed by atoms with E-state index in [2.05, 4.69) is 13.8 Å². The fraction of sp³-hybridized carbons (Fsp3) is 1.00. The van der Waals surface area contributed by atoms with E-state index in [1.54, 1.807) is 4.31 Å². The van der Waals surface area contributed by atoms with Crippen LogP contribution < -0.4 is 5.73 Å². The van der Waals surface area contributed by atoms with Crippen molar-refractivity contribution in [1.29, 1.82) is 0 Å². The summed E-state index contributed by atoms with van der Waals surface area (Å²) in [6.07, 6.45) is 1.12. The molecule has 0 saturated carbocycles. The Kier molecular flexibility index (Phi) is 3.92. The summed E-state index contributed by atoms with van der Waals surface area (Å²) in [6.45, 7) is 5.72. The zero-order valence-electron chi connectivity index (χ0n) is 8.94. The Hall–Kier alpha value is -0.130. The SMILES string of the molecule is C[C@@H]1C[C@H](C)CN(S(=O)(=O)CCN)C1. The van der Waals surface area contributed by atoms with Crippen molar-refractivity contribution in [2.45, 2.75) is 20.3 Å². The Morgan fingerprint density at radius 3 is 2.21 bits per heavy atom. The van der Waals surface area contributed by atoms with Crippen molar-refractivity contribution in [3.8, 4) is 0 Å². The van der Waals surface area contributed by atoms with Crippen molar-refractivity contribution in [3.05, 3.63) is 0 Å². The van der Waals surface area contributed by atoms with Crippen molar-refractivity contribution < 1.29 is 8.42 Å². The molecule has 14 heavy (non-hydrogen) atoms. The van der Waals surface area contributed by atoms with Gasteiger partial charge in [-0.25, -0.2) is 12.7 Å². The highest BCUT2D eigenvalue weighted by Crippen LogP contribution is 2.23. The quantitative estimate of drug-likeness (QED) is 0.741. The zero-order valence-corrected chi connectivity index (χ0v) is 9.76. The van der Waals surface area contributed by atoms with Crippen LogP contribution in [0.2, 0.25) is 0 Å². The smallest absolute Gasteiger partial charge is 0.215 e. The van der Waals surface area contributed by atoms with Gasteiger partial charge in [0.15, 0.2) is 0 Å². The van der Waals surface area contributed by atoms with Crippen LogP contribution in [0.4, 0.5) is 0 Å². The molecular formula is C9H20N2O2S. The van der Waals surface area contributed by atoms with Gasteiger partial charge in [-0.3, -0.25) is 0 Å². The van der Waals surface area contributed by atoms with Crippen LogP contribution in [0.1, 0.15) is 20.3 Å². The van der Waals surface area contributed by atoms with Crippen molar-refractivity contribution in [2.75, 3.05) is 25.4 Å². The first kappa shape index (κ1) is 11.9. The highest BCUT2D eigenvalue weighted by molar-refractivity contribution is 7.89. The predicted octanol–water partition coefficient (Wildman–Crippen LogP) is 0.253. The Bertz CT molecular complexity index is 267. The maximum absolute atomic E-state index is 11.7. The Balaban J connectivity index is 2.68. The van der Waals surface area contributed by atoms with E-state index < -0.39 is 10.0 Å². The third kappa shape index (κ3) is 2.93. The van der Waals surface area contributed by atoms with E-state index in [1.165, 1.54) is 0 Å². The first-order valence-electron chi connectivity index (χ1n) is 5.13. The molecule has 0 aromatic rings. The standard InChI is InChI=1S/C9H20N2O2S/c1-8-5-9(2)7-11(6-8)14(12,13)4-3-10/h8-9H,3-7,10H2,1-2H3/t8-,9+. The molecule has 2 atom stereocenters. The van der Waals surface area contributed by atoms with E-state index in [0.717, 1.165) is 6.42 Å². The van der Waals surface area contributed by atoms with Crippen molar-refractivity contribution in [1.82, 2.24) is 4.31 Å². The predicted molar refractivity (Wildman–Crippen MR) is 57.4 cm³/mol. The number of hydrogen-bond acceptors (Lipinski definition) is 3. The number of rotatable bonds is 3. The number of hydrogen-bond donors (Lipinski definition) is 1. The van der Waals surface area contributed by atoms with Crippen LogP contribution in [0.3, 0.4) is 0 Å². The molecule has 0 amide bonds. The average molecular weight is 220 g/mol. The normalized spacial score (nSPS) is 30.5. The van der Waals surface area contributed by atoms with Crippen molar-refractivity contribution >= 4 is 10.0 Å². The van der Waals surface area contributed by atoms with Crippen molar-refractivity contribution in [3.63, 3.8) is 0 Å². The van der Waals surface area contributed by atoms with E-state index in [4.69, 9.17) is 5.73 Å². The zero-order chi connectivity index (χ0) is 10.8. The topological polar surface area (TPSA) is 63.4 Å². The van der Waals surface area contributed by atoms with Crippen LogP contribution in [0.25, 0.3) is 0 Å². The summed E-state index contributed by atoms with van der Waals surface area (Å²) in [5.74, 6) is 1.00. The summed E-state index contributed by atoms with van der Waals surface area (Å²) < 4.78 is 25.0. The summed E-state index contributed by atoms with van der Waals surface area (Å²) >= 11 is 0. The molecule has 0 aromatic carbocycles. The Morgan fingerprint density at radius 2 is 1.79 bits per heavy atom. The van der Waals surface area contributed by atoms with Crippen LogP contribution in [0.5, 0.6) is 0 Å². The van der Waals surface area contributed by atoms with Gasteiger partial charge in [0.1, 0.15) is 0 Å². The molecule has 1 rings (SSSR count). The summed E-state index contributed by atoms with van der Waals surface area (Å²) in [5.41, 5.74) is 5.28. The van der Waals surface area contributed by atoms with Gasteiger partial charge in [0.2, 0.25) is 10.0 Å². The van der Waals surface area contributed by atoms with Gasteiger partial charge in [-0.1, -0.05) is 13.8 Å². The third-order valence-corrected chi connectivity index (χ3v) is 4.44. The van der Waals surface area contributed by atoms with Crippen LogP contribution in [-0.2, 0) is 10.0 Å². The second-order valence-electron chi connectivity index (χ2n) is 4.37. The van der Waals surface area contributed by atoms with Gasteiger partial charge in [0.05, 0.1) is 5.75 Å². The lowest BCUT2D eigenvalue weighted by Gasteiger charge is -2.33. The van der Waals surface area contributed by atoms with Gasteiger partial charge in [0.25, 0.3) is 0 Å². The van der Waals surface area contributed by atoms with Gasteiger partial charge in [-0.05, 0) is 18.3 Å². The van der Waals surface area contributed by atoms with Gasteiger partial charge < -0.3 is 5.73 Å². The molecule has 1 aliphatic heterocycles. The lowest BCUT2D eigenvalue weighted by Crippen LogP contribution is -2.44. The minimum Gasteiger partial charge on any atom is -0.329 e. The van der Waals surface area contributed by atoms with Gasteiger partial charge >= 0.3 is 0 Å². The van der Waals surface area contributed by atoms with E-state index >= 15 is 0 Å². The molecule has 0 radical (unpaired) electrons. The number of piperidine rings is 1. The second kappa shape index (κ2) is 4.59. The van der Waals surface area contributed by atoms with E-state index in [-0.39, 0.29) is 12.3 Å². The van der Waals surface area contributed by atoms with Gasteiger partial charge in [-0.15, -0.1) is 0 Å². The summed E-state index contributed by atoms with van der Waals surface area (Å²) in [5, 5.41) is 0. The number of nitrogens with two attached hydrogens (primary N) is 1. The van der Waals surface area contributed by atoms with E-state index in [1.807, 2.05) is 0 Å². The van der Waals surface area contributed by atoms with E-state index in [9.17, 15) is 8.42 Å². The molecule has 5 heteroatoms. The molecule has 2 N–H and O–H groups in total. The minimum atomic E-state index is -3.09. The molecule has 84 valence electrons. The molecule has 0 aromatic heterocycles. The molecule has 1 heterocycles. The second-order valence-corrected chi connectivity index (χ2v) is 6.46. The fourth-order valence-corrected chi connectivity index (χ4v) is 3.63.